The minimum atomic E-state index is -0.571. The number of hydrogen-bond donors (Lipinski definition) is 0. The van der Waals surface area contributed by atoms with Crippen LogP contribution in [-0.4, -0.2) is 57.0 Å². The number of carbonyl (C=O) groups is 1. The molecule has 7 nitrogen and oxygen atoms in total. The first-order valence-electron chi connectivity index (χ1n) is 8.43. The van der Waals surface area contributed by atoms with Crippen molar-refractivity contribution in [1.29, 1.82) is 0 Å². The molecule has 0 bridgehead atoms. The topological polar surface area (TPSA) is 75.4 Å². The van der Waals surface area contributed by atoms with E-state index in [-0.39, 0.29) is 11.5 Å². The molecular formula is C17H22FN5O2. The van der Waals surface area contributed by atoms with E-state index < -0.39 is 5.82 Å². The van der Waals surface area contributed by atoms with Crippen LogP contribution in [-0.2, 0) is 6.54 Å². The third-order valence-electron chi connectivity index (χ3n) is 4.57. The summed E-state index contributed by atoms with van der Waals surface area (Å²) >= 11 is 0. The van der Waals surface area contributed by atoms with Gasteiger partial charge >= 0.3 is 0 Å². The van der Waals surface area contributed by atoms with Gasteiger partial charge in [0.05, 0.1) is 18.3 Å². The lowest BCUT2D eigenvalue weighted by molar-refractivity contribution is 0.0752. The van der Waals surface area contributed by atoms with Crippen molar-refractivity contribution in [2.45, 2.75) is 38.8 Å². The average molecular weight is 347 g/mol. The molecule has 0 unspecified atom stereocenters. The molecule has 1 fully saturated rings. The molecule has 1 aliphatic rings. The summed E-state index contributed by atoms with van der Waals surface area (Å²) in [4.78, 5) is 24.4. The molecule has 1 aliphatic heterocycles. The Balaban J connectivity index is 1.60. The summed E-state index contributed by atoms with van der Waals surface area (Å²) < 4.78 is 18.8. The maximum absolute atomic E-state index is 13.8. The van der Waals surface area contributed by atoms with E-state index in [0.717, 1.165) is 25.5 Å². The summed E-state index contributed by atoms with van der Waals surface area (Å²) in [6.07, 6.45) is 5.19. The standard InChI is InChI=1S/C17H22FN5O2/c1-12-20-16(21-25-12)11-22(2)13-4-3-8-23(9-6-13)17(24)14-5-7-19-10-15(14)18/h5,7,10,13H,3-4,6,8-9,11H2,1-2H3/t13-/m1/s1. The van der Waals surface area contributed by atoms with Crippen molar-refractivity contribution in [3.63, 3.8) is 0 Å². The molecule has 1 atom stereocenters. The molecule has 1 saturated heterocycles. The Labute approximate surface area is 145 Å². The van der Waals surface area contributed by atoms with Gasteiger partial charge in [-0.2, -0.15) is 4.98 Å². The lowest BCUT2D eigenvalue weighted by Crippen LogP contribution is -2.35. The molecule has 3 rings (SSSR count). The van der Waals surface area contributed by atoms with Crippen LogP contribution in [0.2, 0.25) is 0 Å². The summed E-state index contributed by atoms with van der Waals surface area (Å²) in [6, 6.07) is 1.75. The average Bonchev–Trinajstić information content (AvgIpc) is 2.86. The Morgan fingerprint density at radius 3 is 3.00 bits per heavy atom. The van der Waals surface area contributed by atoms with Gasteiger partial charge in [0.15, 0.2) is 11.6 Å². The van der Waals surface area contributed by atoms with E-state index in [2.05, 4.69) is 20.0 Å². The molecule has 2 aromatic heterocycles. The first kappa shape index (κ1) is 17.5. The van der Waals surface area contributed by atoms with Gasteiger partial charge in [0.1, 0.15) is 0 Å². The SMILES string of the molecule is Cc1nc(CN(C)[C@@H]2CCCN(C(=O)c3ccncc3F)CC2)no1. The number of pyridine rings is 1. The molecule has 3 heterocycles. The highest BCUT2D eigenvalue weighted by atomic mass is 19.1. The highest BCUT2D eigenvalue weighted by molar-refractivity contribution is 5.94. The molecule has 8 heteroatoms. The normalized spacial score (nSPS) is 18.4. The first-order chi connectivity index (χ1) is 12.0. The van der Waals surface area contributed by atoms with Gasteiger partial charge < -0.3 is 9.42 Å². The van der Waals surface area contributed by atoms with E-state index in [4.69, 9.17) is 4.52 Å². The highest BCUT2D eigenvalue weighted by Gasteiger charge is 2.25. The molecule has 0 saturated carbocycles. The Bertz CT molecular complexity index is 735. The molecular weight excluding hydrogens is 325 g/mol. The summed E-state index contributed by atoms with van der Waals surface area (Å²) in [5.74, 6) is 0.381. The molecule has 0 aromatic carbocycles. The number of carbonyl (C=O) groups excluding carboxylic acids is 1. The highest BCUT2D eigenvalue weighted by Crippen LogP contribution is 2.19. The van der Waals surface area contributed by atoms with Gasteiger partial charge in [0, 0.05) is 32.3 Å². The number of amides is 1. The van der Waals surface area contributed by atoms with Gasteiger partial charge in [-0.25, -0.2) is 4.39 Å². The summed E-state index contributed by atoms with van der Waals surface area (Å²) in [5.41, 5.74) is 0.0871. The maximum atomic E-state index is 13.8. The van der Waals surface area contributed by atoms with Crippen LogP contribution in [0.1, 0.15) is 41.3 Å². The third kappa shape index (κ3) is 4.19. The van der Waals surface area contributed by atoms with E-state index in [1.54, 1.807) is 11.8 Å². The smallest absolute Gasteiger partial charge is 0.256 e. The number of aryl methyl sites for hydroxylation is 1. The van der Waals surface area contributed by atoms with E-state index in [1.165, 1.54) is 12.3 Å². The lowest BCUT2D eigenvalue weighted by atomic mass is 10.1. The summed E-state index contributed by atoms with van der Waals surface area (Å²) in [7, 11) is 2.02. The summed E-state index contributed by atoms with van der Waals surface area (Å²) in [6.45, 7) is 3.60. The minimum Gasteiger partial charge on any atom is -0.340 e. The third-order valence-corrected chi connectivity index (χ3v) is 4.57. The van der Waals surface area contributed by atoms with Gasteiger partial charge in [-0.1, -0.05) is 5.16 Å². The molecule has 25 heavy (non-hydrogen) atoms. The second-order valence-corrected chi connectivity index (χ2v) is 6.38. The Kier molecular flexibility index (Phi) is 5.37. The zero-order chi connectivity index (χ0) is 17.8. The number of likely N-dealkylation sites (tertiary alicyclic amines) is 1. The molecule has 0 spiro atoms. The van der Waals surface area contributed by atoms with Crippen molar-refractivity contribution in [2.75, 3.05) is 20.1 Å². The van der Waals surface area contributed by atoms with E-state index in [1.807, 2.05) is 7.05 Å². The van der Waals surface area contributed by atoms with Gasteiger partial charge in [-0.3, -0.25) is 14.7 Å². The number of halogens is 1. The Hall–Kier alpha value is -2.35. The Morgan fingerprint density at radius 1 is 1.44 bits per heavy atom. The monoisotopic (exact) mass is 347 g/mol. The van der Waals surface area contributed by atoms with Gasteiger partial charge in [0.25, 0.3) is 5.91 Å². The van der Waals surface area contributed by atoms with Crippen molar-refractivity contribution in [3.8, 4) is 0 Å². The largest absolute Gasteiger partial charge is 0.340 e. The second-order valence-electron chi connectivity index (χ2n) is 6.38. The molecule has 0 aliphatic carbocycles. The van der Waals surface area contributed by atoms with Crippen LogP contribution in [0.25, 0.3) is 0 Å². The summed E-state index contributed by atoms with van der Waals surface area (Å²) in [5, 5.41) is 3.93. The molecule has 2 aromatic rings. The molecule has 0 radical (unpaired) electrons. The van der Waals surface area contributed by atoms with Crippen molar-refractivity contribution in [1.82, 2.24) is 24.9 Å². The number of aromatic nitrogens is 3. The van der Waals surface area contributed by atoms with Crippen molar-refractivity contribution in [3.05, 3.63) is 41.6 Å². The van der Waals surface area contributed by atoms with E-state index in [0.29, 0.717) is 37.4 Å². The van der Waals surface area contributed by atoms with Crippen LogP contribution in [0.5, 0.6) is 0 Å². The number of nitrogens with zero attached hydrogens (tertiary/aromatic N) is 5. The van der Waals surface area contributed by atoms with Crippen LogP contribution in [0.3, 0.4) is 0 Å². The van der Waals surface area contributed by atoms with Crippen molar-refractivity contribution < 1.29 is 13.7 Å². The second kappa shape index (κ2) is 7.69. The van der Waals surface area contributed by atoms with Crippen molar-refractivity contribution in [2.24, 2.45) is 0 Å². The van der Waals surface area contributed by atoms with E-state index in [9.17, 15) is 9.18 Å². The predicted molar refractivity (Wildman–Crippen MR) is 88.2 cm³/mol. The quantitative estimate of drug-likeness (QED) is 0.842. The predicted octanol–water partition coefficient (Wildman–Crippen LogP) is 2.04. The Morgan fingerprint density at radius 2 is 2.28 bits per heavy atom. The van der Waals surface area contributed by atoms with Crippen LogP contribution in [0, 0.1) is 12.7 Å². The van der Waals surface area contributed by atoms with Crippen LogP contribution in [0.15, 0.2) is 23.0 Å². The van der Waals surface area contributed by atoms with Gasteiger partial charge in [-0.15, -0.1) is 0 Å². The fraction of sp³-hybridized carbons (Fsp3) is 0.529. The minimum absolute atomic E-state index is 0.0871. The van der Waals surface area contributed by atoms with Crippen molar-refractivity contribution >= 4 is 5.91 Å². The molecule has 134 valence electrons. The van der Waals surface area contributed by atoms with Gasteiger partial charge in [-0.05, 0) is 32.4 Å². The lowest BCUT2D eigenvalue weighted by Gasteiger charge is -2.26. The fourth-order valence-corrected chi connectivity index (χ4v) is 3.20. The fourth-order valence-electron chi connectivity index (χ4n) is 3.20. The van der Waals surface area contributed by atoms with Crippen LogP contribution >= 0.6 is 0 Å². The van der Waals surface area contributed by atoms with Crippen LogP contribution < -0.4 is 0 Å². The van der Waals surface area contributed by atoms with E-state index >= 15 is 0 Å². The number of hydrogen-bond acceptors (Lipinski definition) is 6. The molecule has 0 N–H and O–H groups in total. The van der Waals surface area contributed by atoms with Gasteiger partial charge in [0.2, 0.25) is 5.89 Å². The van der Waals surface area contributed by atoms with Crippen LogP contribution in [0.4, 0.5) is 4.39 Å². The maximum Gasteiger partial charge on any atom is 0.256 e. The zero-order valence-corrected chi connectivity index (χ0v) is 14.5. The number of rotatable bonds is 4. The zero-order valence-electron chi connectivity index (χ0n) is 14.5. The molecule has 1 amide bonds. The first-order valence-corrected chi connectivity index (χ1v) is 8.43.